The number of nitrogens with zero attached hydrogens (tertiary/aromatic N) is 3. The molecule has 0 radical (unpaired) electrons. The second-order valence-electron chi connectivity index (χ2n) is 6.36. The number of hydrogen-bond donors (Lipinski definition) is 2. The number of para-hydroxylation sites is 1. The third-order valence-corrected chi connectivity index (χ3v) is 4.30. The van der Waals surface area contributed by atoms with Crippen LogP contribution in [0.5, 0.6) is 5.75 Å². The van der Waals surface area contributed by atoms with Gasteiger partial charge in [0, 0.05) is 30.9 Å². The van der Waals surface area contributed by atoms with E-state index in [4.69, 9.17) is 14.8 Å². The molecule has 1 aromatic heterocycles. The smallest absolute Gasteiger partial charge is 0.308 e. The van der Waals surface area contributed by atoms with Crippen molar-refractivity contribution < 1.29 is 24.3 Å². The summed E-state index contributed by atoms with van der Waals surface area (Å²) in [5.74, 6) is -1.37. The Kier molecular flexibility index (Phi) is 6.04. The molecule has 0 saturated heterocycles. The van der Waals surface area contributed by atoms with Gasteiger partial charge in [-0.15, -0.1) is 0 Å². The van der Waals surface area contributed by atoms with Gasteiger partial charge in [-0.1, -0.05) is 23.4 Å². The van der Waals surface area contributed by atoms with Gasteiger partial charge >= 0.3 is 5.97 Å². The number of hydrogen-bond acceptors (Lipinski definition) is 7. The lowest BCUT2D eigenvalue weighted by Crippen LogP contribution is -2.48. The van der Waals surface area contributed by atoms with Crippen molar-refractivity contribution in [3.63, 3.8) is 0 Å². The summed E-state index contributed by atoms with van der Waals surface area (Å²) < 4.78 is 5.39. The van der Waals surface area contributed by atoms with E-state index in [1.165, 1.54) is 0 Å². The quantitative estimate of drug-likeness (QED) is 0.695. The maximum Gasteiger partial charge on any atom is 0.308 e. The molecule has 9 heteroatoms. The minimum Gasteiger partial charge on any atom is -0.481 e. The zero-order valence-electron chi connectivity index (χ0n) is 15.4. The van der Waals surface area contributed by atoms with Crippen LogP contribution in [0.3, 0.4) is 0 Å². The number of aliphatic carboxylic acids is 1. The van der Waals surface area contributed by atoms with E-state index < -0.39 is 23.9 Å². The number of nitriles is 1. The minimum atomic E-state index is -1.67. The van der Waals surface area contributed by atoms with Gasteiger partial charge in [0.15, 0.2) is 6.61 Å². The highest BCUT2D eigenvalue weighted by Gasteiger charge is 2.49. The predicted octanol–water partition coefficient (Wildman–Crippen LogP) is 1.64. The molecule has 0 fully saturated rings. The van der Waals surface area contributed by atoms with Crippen molar-refractivity contribution in [3.8, 4) is 11.8 Å². The van der Waals surface area contributed by atoms with Crippen molar-refractivity contribution >= 4 is 17.6 Å². The molecule has 1 aliphatic heterocycles. The molecule has 0 bridgehead atoms. The summed E-state index contributed by atoms with van der Waals surface area (Å²) in [5.41, 5.74) is -0.00164. The lowest BCUT2D eigenvalue weighted by molar-refractivity contribution is -0.156. The van der Waals surface area contributed by atoms with E-state index in [2.05, 4.69) is 15.5 Å². The fraction of sp³-hybridized carbons (Fsp3) is 0.250. The van der Waals surface area contributed by atoms with Crippen LogP contribution in [0, 0.1) is 11.3 Å². The van der Waals surface area contributed by atoms with Crippen LogP contribution in [-0.2, 0) is 21.0 Å². The van der Waals surface area contributed by atoms with E-state index >= 15 is 0 Å². The van der Waals surface area contributed by atoms with E-state index in [-0.39, 0.29) is 19.6 Å². The largest absolute Gasteiger partial charge is 0.481 e. The minimum absolute atomic E-state index is 0.0505. The maximum atomic E-state index is 12.8. The maximum absolute atomic E-state index is 12.8. The number of oxime groups is 1. The average Bonchev–Trinajstić information content (AvgIpc) is 3.16. The zero-order valence-corrected chi connectivity index (χ0v) is 15.4. The first-order valence-corrected chi connectivity index (χ1v) is 8.77. The third kappa shape index (κ3) is 4.68. The molecule has 1 aliphatic rings. The number of benzene rings is 1. The number of aromatic nitrogens is 1. The highest BCUT2D eigenvalue weighted by molar-refractivity contribution is 6.07. The van der Waals surface area contributed by atoms with Gasteiger partial charge in [-0.2, -0.15) is 5.26 Å². The van der Waals surface area contributed by atoms with Crippen molar-refractivity contribution in [2.75, 3.05) is 6.61 Å². The molecule has 1 amide bonds. The number of carboxylic acid groups (broad SMARTS) is 1. The van der Waals surface area contributed by atoms with Gasteiger partial charge < -0.3 is 20.0 Å². The SMILES string of the molecule is N#CCOc1ccccc1C1=NOC(CC(=O)O)(C(=O)NCc2cccnc2)C1. The summed E-state index contributed by atoms with van der Waals surface area (Å²) in [5, 5.41) is 24.7. The third-order valence-electron chi connectivity index (χ3n) is 4.30. The monoisotopic (exact) mass is 394 g/mol. The number of nitrogens with one attached hydrogen (secondary N) is 1. The van der Waals surface area contributed by atoms with Gasteiger partial charge in [-0.25, -0.2) is 0 Å². The van der Waals surface area contributed by atoms with Gasteiger partial charge in [0.25, 0.3) is 5.91 Å². The Hall–Kier alpha value is -3.93. The normalized spacial score (nSPS) is 17.6. The highest BCUT2D eigenvalue weighted by atomic mass is 16.7. The number of amides is 1. The molecule has 3 rings (SSSR count). The first-order chi connectivity index (χ1) is 14.0. The lowest BCUT2D eigenvalue weighted by atomic mass is 9.89. The standard InChI is InChI=1S/C20H18N4O5/c21-7-9-28-17-6-2-1-5-15(17)16-10-20(29-24-16,11-18(25)26)19(27)23-13-14-4-3-8-22-12-14/h1-6,8,12H,9-11,13H2,(H,23,27)(H,25,26). The second-order valence-corrected chi connectivity index (χ2v) is 6.36. The van der Waals surface area contributed by atoms with E-state index in [1.807, 2.05) is 6.07 Å². The molecular weight excluding hydrogens is 376 g/mol. The fourth-order valence-electron chi connectivity index (χ4n) is 2.95. The summed E-state index contributed by atoms with van der Waals surface area (Å²) in [6.07, 6.45) is 2.61. The Labute approximate surface area is 166 Å². The first-order valence-electron chi connectivity index (χ1n) is 8.77. The van der Waals surface area contributed by atoms with Gasteiger partial charge in [-0.3, -0.25) is 14.6 Å². The molecule has 0 saturated carbocycles. The Morgan fingerprint density at radius 3 is 2.86 bits per heavy atom. The Bertz CT molecular complexity index is 970. The number of carbonyl (C=O) groups is 2. The fourth-order valence-corrected chi connectivity index (χ4v) is 2.95. The van der Waals surface area contributed by atoms with E-state index in [1.54, 1.807) is 48.8 Å². The lowest BCUT2D eigenvalue weighted by Gasteiger charge is -2.23. The van der Waals surface area contributed by atoms with Gasteiger partial charge in [0.1, 0.15) is 11.8 Å². The topological polar surface area (TPSA) is 134 Å². The molecule has 9 nitrogen and oxygen atoms in total. The summed E-state index contributed by atoms with van der Waals surface area (Å²) in [4.78, 5) is 33.6. The van der Waals surface area contributed by atoms with Crippen LogP contribution in [0.4, 0.5) is 0 Å². The molecule has 1 unspecified atom stereocenters. The number of rotatable bonds is 8. The second kappa shape index (κ2) is 8.84. The van der Waals surface area contributed by atoms with Crippen LogP contribution >= 0.6 is 0 Å². The van der Waals surface area contributed by atoms with Gasteiger partial charge in [0.05, 0.1) is 12.1 Å². The van der Waals surface area contributed by atoms with E-state index in [0.717, 1.165) is 5.56 Å². The van der Waals surface area contributed by atoms with Crippen LogP contribution in [0.1, 0.15) is 24.0 Å². The molecule has 1 atom stereocenters. The summed E-state index contributed by atoms with van der Waals surface area (Å²) >= 11 is 0. The van der Waals surface area contributed by atoms with Crippen LogP contribution < -0.4 is 10.1 Å². The summed E-state index contributed by atoms with van der Waals surface area (Å²) in [6.45, 7) is 0.0195. The Morgan fingerprint density at radius 1 is 1.31 bits per heavy atom. The summed E-state index contributed by atoms with van der Waals surface area (Å²) in [6, 6.07) is 12.3. The van der Waals surface area contributed by atoms with Crippen LogP contribution in [0.25, 0.3) is 0 Å². The van der Waals surface area contributed by atoms with Crippen molar-refractivity contribution in [2.24, 2.45) is 5.16 Å². The van der Waals surface area contributed by atoms with E-state index in [0.29, 0.717) is 17.0 Å². The van der Waals surface area contributed by atoms with Crippen molar-refractivity contribution in [3.05, 3.63) is 59.9 Å². The summed E-state index contributed by atoms with van der Waals surface area (Å²) in [7, 11) is 0. The highest BCUT2D eigenvalue weighted by Crippen LogP contribution is 2.33. The van der Waals surface area contributed by atoms with Crippen molar-refractivity contribution in [2.45, 2.75) is 25.0 Å². The molecular formula is C20H18N4O5. The zero-order chi connectivity index (χ0) is 20.7. The molecule has 0 spiro atoms. The number of ether oxygens (including phenoxy) is 1. The number of carbonyl (C=O) groups excluding carboxylic acids is 1. The van der Waals surface area contributed by atoms with Gasteiger partial charge in [0.2, 0.25) is 5.60 Å². The average molecular weight is 394 g/mol. The van der Waals surface area contributed by atoms with E-state index in [9.17, 15) is 14.7 Å². The predicted molar refractivity (Wildman–Crippen MR) is 101 cm³/mol. The first kappa shape index (κ1) is 19.8. The molecule has 2 heterocycles. The number of carboxylic acids is 1. The number of pyridine rings is 1. The van der Waals surface area contributed by atoms with Crippen LogP contribution in [0.15, 0.2) is 53.9 Å². The molecule has 0 aliphatic carbocycles. The molecule has 2 aromatic rings. The Balaban J connectivity index is 1.78. The van der Waals surface area contributed by atoms with Crippen LogP contribution in [0.2, 0.25) is 0 Å². The van der Waals surface area contributed by atoms with Crippen molar-refractivity contribution in [1.82, 2.24) is 10.3 Å². The van der Waals surface area contributed by atoms with Gasteiger partial charge in [-0.05, 0) is 23.8 Å². The molecule has 29 heavy (non-hydrogen) atoms. The molecule has 148 valence electrons. The molecule has 2 N–H and O–H groups in total. The van der Waals surface area contributed by atoms with Crippen LogP contribution in [-0.4, -0.2) is 39.9 Å². The molecule has 1 aromatic carbocycles. The Morgan fingerprint density at radius 2 is 2.14 bits per heavy atom. The van der Waals surface area contributed by atoms with Crippen molar-refractivity contribution in [1.29, 1.82) is 5.26 Å².